The molecule has 35 heavy (non-hydrogen) atoms. The number of hydrogen-bond donors (Lipinski definition) is 2. The van der Waals surface area contributed by atoms with E-state index in [1.54, 1.807) is 28.8 Å². The Morgan fingerprint density at radius 1 is 1.17 bits per heavy atom. The van der Waals surface area contributed by atoms with Crippen LogP contribution < -0.4 is 21.9 Å². The number of carbonyl (C=O) groups excluding carboxylic acids is 1. The second kappa shape index (κ2) is 8.51. The lowest BCUT2D eigenvalue weighted by atomic mass is 10.1. The Hall–Kier alpha value is -3.70. The molecule has 0 fully saturated rings. The molecule has 0 saturated heterocycles. The third-order valence-electron chi connectivity index (χ3n) is 6.24. The summed E-state index contributed by atoms with van der Waals surface area (Å²) in [4.78, 5) is 37.2. The van der Waals surface area contributed by atoms with Gasteiger partial charge in [0.2, 0.25) is 11.8 Å². The zero-order valence-corrected chi connectivity index (χ0v) is 19.2. The Balaban J connectivity index is 1.13. The summed E-state index contributed by atoms with van der Waals surface area (Å²) in [6, 6.07) is 11.3. The molecule has 1 amide bonds. The minimum absolute atomic E-state index is 0.0910. The lowest BCUT2D eigenvalue weighted by molar-refractivity contribution is -0.113. The predicted molar refractivity (Wildman–Crippen MR) is 129 cm³/mol. The van der Waals surface area contributed by atoms with Gasteiger partial charge in [-0.2, -0.15) is 4.68 Å². The molecular formula is C24H20FN5O4S. The quantitative estimate of drug-likeness (QED) is 0.397. The van der Waals surface area contributed by atoms with E-state index < -0.39 is 5.76 Å². The number of halogens is 1. The fourth-order valence-corrected chi connectivity index (χ4v) is 5.44. The zero-order chi connectivity index (χ0) is 24.1. The van der Waals surface area contributed by atoms with Crippen LogP contribution in [0, 0.1) is 5.82 Å². The van der Waals surface area contributed by atoms with E-state index in [-0.39, 0.29) is 29.2 Å². The molecule has 4 heterocycles. The van der Waals surface area contributed by atoms with Gasteiger partial charge in [0.05, 0.1) is 28.7 Å². The third kappa shape index (κ3) is 3.86. The van der Waals surface area contributed by atoms with Crippen molar-refractivity contribution in [3.63, 3.8) is 0 Å². The maximum absolute atomic E-state index is 14.6. The van der Waals surface area contributed by atoms with Gasteiger partial charge in [-0.1, -0.05) is 0 Å². The highest BCUT2D eigenvalue weighted by atomic mass is 32.2. The van der Waals surface area contributed by atoms with Crippen LogP contribution in [-0.2, 0) is 17.8 Å². The molecule has 2 aliphatic rings. The minimum Gasteiger partial charge on any atom is -0.392 e. The van der Waals surface area contributed by atoms with Crippen molar-refractivity contribution in [2.24, 2.45) is 0 Å². The molecule has 2 aromatic carbocycles. The van der Waals surface area contributed by atoms with Gasteiger partial charge in [-0.05, 0) is 54.8 Å². The average Bonchev–Trinajstić information content (AvgIpc) is 3.42. The Kier molecular flexibility index (Phi) is 5.30. The normalized spacial score (nSPS) is 16.5. The third-order valence-corrected chi connectivity index (χ3v) is 7.31. The number of rotatable bonds is 6. The number of hydrogen-bond acceptors (Lipinski definition) is 7. The van der Waals surface area contributed by atoms with Gasteiger partial charge in [0, 0.05) is 29.5 Å². The van der Waals surface area contributed by atoms with Crippen molar-refractivity contribution in [1.82, 2.24) is 19.7 Å². The number of nitrogens with zero attached hydrogens (tertiary/aromatic N) is 3. The number of thioether (sulfide) groups is 1. The van der Waals surface area contributed by atoms with Crippen molar-refractivity contribution in [3.05, 3.63) is 80.6 Å². The zero-order valence-electron chi connectivity index (χ0n) is 18.4. The van der Waals surface area contributed by atoms with Crippen LogP contribution >= 0.6 is 11.8 Å². The lowest BCUT2D eigenvalue weighted by Crippen LogP contribution is -2.26. The Morgan fingerprint density at radius 3 is 2.91 bits per heavy atom. The van der Waals surface area contributed by atoms with Crippen LogP contribution in [0.1, 0.15) is 23.9 Å². The first-order valence-electron chi connectivity index (χ1n) is 11.2. The molecule has 0 aliphatic carbocycles. The van der Waals surface area contributed by atoms with E-state index in [0.29, 0.717) is 54.1 Å². The number of aromatic nitrogens is 3. The number of fused-ring (bicyclic) bond motifs is 1. The highest BCUT2D eigenvalue weighted by Crippen LogP contribution is 2.34. The van der Waals surface area contributed by atoms with E-state index in [0.717, 1.165) is 10.3 Å². The average molecular weight is 494 g/mol. The van der Waals surface area contributed by atoms with Gasteiger partial charge in [0.25, 0.3) is 5.56 Å². The number of benzene rings is 2. The molecule has 0 unspecified atom stereocenters. The van der Waals surface area contributed by atoms with Gasteiger partial charge < -0.3 is 19.6 Å². The van der Waals surface area contributed by atoms with E-state index >= 15 is 0 Å². The van der Waals surface area contributed by atoms with Crippen LogP contribution in [0.2, 0.25) is 0 Å². The first-order valence-corrected chi connectivity index (χ1v) is 12.2. The first-order chi connectivity index (χ1) is 17.0. The van der Waals surface area contributed by atoms with Crippen molar-refractivity contribution in [2.45, 2.75) is 30.3 Å². The molecule has 2 aromatic heterocycles. The maximum Gasteiger partial charge on any atom is 0.441 e. The Labute approximate surface area is 201 Å². The van der Waals surface area contributed by atoms with Crippen LogP contribution in [0.3, 0.4) is 0 Å². The highest BCUT2D eigenvalue weighted by molar-refractivity contribution is 8.00. The standard InChI is InChI=1S/C24H20FN5O4S/c25-15-6-3-13-4-8-21(32)29-11-17(22(15)23(13)29)26-9-1-2-20-28-30(24(33)34-20)14-5-7-18-16(10-14)27-19(31)12-35-18/h3-8,10,17,26H,1-2,9,11-12H2,(H,27,31)/t17-/m1/s1. The van der Waals surface area contributed by atoms with Crippen molar-refractivity contribution in [1.29, 1.82) is 0 Å². The van der Waals surface area contributed by atoms with Crippen molar-refractivity contribution in [3.8, 4) is 5.69 Å². The van der Waals surface area contributed by atoms with Crippen LogP contribution in [0.5, 0.6) is 0 Å². The van der Waals surface area contributed by atoms with Crippen molar-refractivity contribution >= 4 is 34.3 Å². The van der Waals surface area contributed by atoms with E-state index in [1.165, 1.54) is 28.6 Å². The highest BCUT2D eigenvalue weighted by Gasteiger charge is 2.28. The first kappa shape index (κ1) is 21.8. The lowest BCUT2D eigenvalue weighted by Gasteiger charge is -2.16. The van der Waals surface area contributed by atoms with Gasteiger partial charge in [0.15, 0.2) is 0 Å². The number of anilines is 1. The molecule has 11 heteroatoms. The summed E-state index contributed by atoms with van der Waals surface area (Å²) in [6.07, 6.45) is 0.995. The van der Waals surface area contributed by atoms with E-state index in [4.69, 9.17) is 4.42 Å². The number of pyridine rings is 1. The monoisotopic (exact) mass is 493 g/mol. The fraction of sp³-hybridized carbons (Fsp3) is 0.250. The van der Waals surface area contributed by atoms with Crippen molar-refractivity contribution in [2.75, 3.05) is 17.6 Å². The smallest absolute Gasteiger partial charge is 0.392 e. The summed E-state index contributed by atoms with van der Waals surface area (Å²) in [5.74, 6) is -0.392. The predicted octanol–water partition coefficient (Wildman–Crippen LogP) is 2.60. The molecule has 0 spiro atoms. The van der Waals surface area contributed by atoms with Gasteiger partial charge in [0.1, 0.15) is 5.82 Å². The molecule has 6 rings (SSSR count). The van der Waals surface area contributed by atoms with Crippen molar-refractivity contribution < 1.29 is 13.6 Å². The Morgan fingerprint density at radius 2 is 2.03 bits per heavy atom. The van der Waals surface area contributed by atoms with Gasteiger partial charge >= 0.3 is 5.76 Å². The van der Waals surface area contributed by atoms with Crippen LogP contribution in [-0.4, -0.2) is 32.6 Å². The van der Waals surface area contributed by atoms with E-state index in [1.807, 2.05) is 6.07 Å². The van der Waals surface area contributed by atoms with E-state index in [9.17, 15) is 18.8 Å². The van der Waals surface area contributed by atoms with E-state index in [2.05, 4.69) is 15.7 Å². The fourth-order valence-electron chi connectivity index (χ4n) is 4.65. The second-order valence-corrected chi connectivity index (χ2v) is 9.50. The number of nitrogens with one attached hydrogen (secondary N) is 2. The summed E-state index contributed by atoms with van der Waals surface area (Å²) < 4.78 is 22.7. The topological polar surface area (TPSA) is 111 Å². The molecule has 4 aromatic rings. The van der Waals surface area contributed by atoms with Gasteiger partial charge in [-0.25, -0.2) is 9.18 Å². The number of carbonyl (C=O) groups is 1. The molecular weight excluding hydrogens is 473 g/mol. The van der Waals surface area contributed by atoms with Crippen LogP contribution in [0.25, 0.3) is 16.6 Å². The molecule has 0 radical (unpaired) electrons. The minimum atomic E-state index is -0.609. The Bertz CT molecular complexity index is 1610. The molecule has 1 atom stereocenters. The summed E-state index contributed by atoms with van der Waals surface area (Å²) >= 11 is 1.44. The largest absolute Gasteiger partial charge is 0.441 e. The van der Waals surface area contributed by atoms with Crippen LogP contribution in [0.15, 0.2) is 61.4 Å². The summed E-state index contributed by atoms with van der Waals surface area (Å²) in [6.45, 7) is 0.880. The summed E-state index contributed by atoms with van der Waals surface area (Å²) in [5, 5.41) is 11.2. The molecule has 0 saturated carbocycles. The number of amides is 1. The molecule has 0 bridgehead atoms. The number of aryl methyl sites for hydroxylation is 1. The molecule has 2 N–H and O–H groups in total. The van der Waals surface area contributed by atoms with Crippen LogP contribution in [0.4, 0.5) is 10.1 Å². The summed E-state index contributed by atoms with van der Waals surface area (Å²) in [5.41, 5.74) is 2.14. The summed E-state index contributed by atoms with van der Waals surface area (Å²) in [7, 11) is 0. The van der Waals surface area contributed by atoms with Gasteiger partial charge in [-0.15, -0.1) is 16.9 Å². The molecule has 2 aliphatic heterocycles. The molecule has 9 nitrogen and oxygen atoms in total. The molecule has 178 valence electrons. The van der Waals surface area contributed by atoms with Gasteiger partial charge in [-0.3, -0.25) is 9.59 Å². The SMILES string of the molecule is O=C1CSc2ccc(-n3nc(CCCN[C@@H]4Cn5c(=O)ccc6ccc(F)c4c65)oc3=O)cc2N1. The second-order valence-electron chi connectivity index (χ2n) is 8.48. The maximum atomic E-state index is 14.6.